The summed E-state index contributed by atoms with van der Waals surface area (Å²) in [5.74, 6) is -0.626. The SMILES string of the molecule is CCOC(=O)c1ccsc1NC(=O)CN1CCN(CC(=O)Nc2ccccc2CC)CC1. The van der Waals surface area contributed by atoms with E-state index in [1.807, 2.05) is 29.2 Å². The highest BCUT2D eigenvalue weighted by atomic mass is 32.1. The van der Waals surface area contributed by atoms with E-state index in [-0.39, 0.29) is 25.0 Å². The average molecular weight is 459 g/mol. The highest BCUT2D eigenvalue weighted by Gasteiger charge is 2.22. The molecule has 2 aromatic rings. The predicted molar refractivity (Wildman–Crippen MR) is 126 cm³/mol. The van der Waals surface area contributed by atoms with Crippen molar-refractivity contribution in [3.05, 3.63) is 46.8 Å². The summed E-state index contributed by atoms with van der Waals surface area (Å²) in [7, 11) is 0. The van der Waals surface area contributed by atoms with E-state index in [1.54, 1.807) is 18.4 Å². The Labute approximate surface area is 192 Å². The third kappa shape index (κ3) is 6.62. The van der Waals surface area contributed by atoms with Gasteiger partial charge in [-0.2, -0.15) is 0 Å². The Morgan fingerprint density at radius 3 is 2.19 bits per heavy atom. The minimum Gasteiger partial charge on any atom is -0.462 e. The molecule has 2 amide bonds. The topological polar surface area (TPSA) is 91.0 Å². The summed E-state index contributed by atoms with van der Waals surface area (Å²) in [6, 6.07) is 9.49. The number of hydrogen-bond donors (Lipinski definition) is 2. The minimum absolute atomic E-state index is 0.0266. The molecule has 1 aromatic carbocycles. The van der Waals surface area contributed by atoms with Crippen molar-refractivity contribution in [2.75, 3.05) is 56.5 Å². The van der Waals surface area contributed by atoms with Crippen molar-refractivity contribution < 1.29 is 19.1 Å². The Kier molecular flexibility index (Phi) is 8.78. The molecular formula is C23H30N4O4S. The lowest BCUT2D eigenvalue weighted by molar-refractivity contribution is -0.120. The van der Waals surface area contributed by atoms with Gasteiger partial charge in [-0.3, -0.25) is 19.4 Å². The molecular weight excluding hydrogens is 428 g/mol. The molecule has 1 fully saturated rings. The highest BCUT2D eigenvalue weighted by Crippen LogP contribution is 2.24. The van der Waals surface area contributed by atoms with Crippen molar-refractivity contribution >= 4 is 39.8 Å². The second-order valence-electron chi connectivity index (χ2n) is 7.54. The van der Waals surface area contributed by atoms with Crippen molar-refractivity contribution in [1.29, 1.82) is 0 Å². The summed E-state index contributed by atoms with van der Waals surface area (Å²) in [5.41, 5.74) is 2.37. The summed E-state index contributed by atoms with van der Waals surface area (Å²) in [5, 5.41) is 8.09. The quantitative estimate of drug-likeness (QED) is 0.562. The molecule has 0 aliphatic carbocycles. The Morgan fingerprint density at radius 1 is 0.938 bits per heavy atom. The van der Waals surface area contributed by atoms with E-state index in [0.717, 1.165) is 17.7 Å². The van der Waals surface area contributed by atoms with Crippen LogP contribution in [-0.4, -0.2) is 73.5 Å². The molecule has 1 aromatic heterocycles. The number of nitrogens with zero attached hydrogens (tertiary/aromatic N) is 2. The molecule has 2 N–H and O–H groups in total. The van der Waals surface area contributed by atoms with Crippen LogP contribution in [0.25, 0.3) is 0 Å². The number of nitrogens with one attached hydrogen (secondary N) is 2. The number of anilines is 2. The molecule has 0 saturated carbocycles. The van der Waals surface area contributed by atoms with Gasteiger partial charge in [-0.05, 0) is 36.4 Å². The summed E-state index contributed by atoms with van der Waals surface area (Å²) in [4.78, 5) is 41.0. The number of rotatable bonds is 9. The maximum Gasteiger partial charge on any atom is 0.341 e. The molecule has 172 valence electrons. The molecule has 0 unspecified atom stereocenters. The van der Waals surface area contributed by atoms with Gasteiger partial charge in [0.15, 0.2) is 0 Å². The van der Waals surface area contributed by atoms with Crippen LogP contribution >= 0.6 is 11.3 Å². The van der Waals surface area contributed by atoms with Crippen molar-refractivity contribution in [2.45, 2.75) is 20.3 Å². The van der Waals surface area contributed by atoms with E-state index in [0.29, 0.717) is 43.3 Å². The van der Waals surface area contributed by atoms with Gasteiger partial charge in [0, 0.05) is 31.9 Å². The third-order valence-electron chi connectivity index (χ3n) is 5.29. The van der Waals surface area contributed by atoms with Gasteiger partial charge in [0.05, 0.1) is 25.3 Å². The molecule has 2 heterocycles. The molecule has 1 aliphatic heterocycles. The number of aryl methyl sites for hydroxylation is 1. The van der Waals surface area contributed by atoms with Gasteiger partial charge in [-0.1, -0.05) is 25.1 Å². The molecule has 8 nitrogen and oxygen atoms in total. The first-order valence-electron chi connectivity index (χ1n) is 10.9. The van der Waals surface area contributed by atoms with E-state index in [9.17, 15) is 14.4 Å². The molecule has 32 heavy (non-hydrogen) atoms. The molecule has 0 spiro atoms. The number of carbonyl (C=O) groups excluding carboxylic acids is 3. The second kappa shape index (κ2) is 11.8. The Morgan fingerprint density at radius 2 is 1.56 bits per heavy atom. The zero-order valence-electron chi connectivity index (χ0n) is 18.6. The predicted octanol–water partition coefficient (Wildman–Crippen LogP) is 2.68. The number of para-hydroxylation sites is 1. The van der Waals surface area contributed by atoms with Crippen LogP contribution < -0.4 is 10.6 Å². The van der Waals surface area contributed by atoms with Crippen molar-refractivity contribution in [2.24, 2.45) is 0 Å². The second-order valence-corrected chi connectivity index (χ2v) is 8.46. The average Bonchev–Trinajstić information content (AvgIpc) is 3.23. The van der Waals surface area contributed by atoms with Crippen molar-refractivity contribution in [1.82, 2.24) is 9.80 Å². The van der Waals surface area contributed by atoms with E-state index >= 15 is 0 Å². The van der Waals surface area contributed by atoms with E-state index < -0.39 is 5.97 Å². The number of ether oxygens (including phenoxy) is 1. The van der Waals surface area contributed by atoms with Crippen molar-refractivity contribution in [3.63, 3.8) is 0 Å². The number of esters is 1. The Hall–Kier alpha value is -2.75. The molecule has 9 heteroatoms. The largest absolute Gasteiger partial charge is 0.462 e. The summed E-state index contributed by atoms with van der Waals surface area (Å²) >= 11 is 1.30. The van der Waals surface area contributed by atoms with Crippen LogP contribution in [0.1, 0.15) is 29.8 Å². The maximum absolute atomic E-state index is 12.5. The van der Waals surface area contributed by atoms with Crippen LogP contribution in [-0.2, 0) is 20.7 Å². The number of piperazine rings is 1. The molecule has 1 aliphatic rings. The number of amides is 2. The highest BCUT2D eigenvalue weighted by molar-refractivity contribution is 7.14. The number of hydrogen-bond acceptors (Lipinski definition) is 7. The van der Waals surface area contributed by atoms with Gasteiger partial charge in [-0.25, -0.2) is 4.79 Å². The van der Waals surface area contributed by atoms with E-state index in [1.165, 1.54) is 11.3 Å². The van der Waals surface area contributed by atoms with Gasteiger partial charge in [0.25, 0.3) is 0 Å². The van der Waals surface area contributed by atoms with Crippen LogP contribution in [0, 0.1) is 0 Å². The van der Waals surface area contributed by atoms with Crippen LogP contribution in [0.2, 0.25) is 0 Å². The van der Waals surface area contributed by atoms with Crippen LogP contribution in [0.4, 0.5) is 10.7 Å². The summed E-state index contributed by atoms with van der Waals surface area (Å²) in [6.07, 6.45) is 0.865. The monoisotopic (exact) mass is 458 g/mol. The standard InChI is InChI=1S/C23H30N4O4S/c1-3-17-7-5-6-8-19(17)24-20(28)15-26-10-12-27(13-11-26)16-21(29)25-22-18(9-14-32-22)23(30)31-4-2/h5-9,14H,3-4,10-13,15-16H2,1-2H3,(H,24,28)(H,25,29). The summed E-state index contributed by atoms with van der Waals surface area (Å²) in [6.45, 7) is 7.48. The molecule has 0 radical (unpaired) electrons. The fraction of sp³-hybridized carbons (Fsp3) is 0.435. The fourth-order valence-corrected chi connectivity index (χ4v) is 4.39. The van der Waals surface area contributed by atoms with Gasteiger partial charge < -0.3 is 15.4 Å². The smallest absolute Gasteiger partial charge is 0.341 e. The van der Waals surface area contributed by atoms with Gasteiger partial charge >= 0.3 is 5.97 Å². The first kappa shape index (κ1) is 23.9. The lowest BCUT2D eigenvalue weighted by Gasteiger charge is -2.33. The zero-order valence-corrected chi connectivity index (χ0v) is 19.4. The number of carbonyl (C=O) groups is 3. The lowest BCUT2D eigenvalue weighted by atomic mass is 10.1. The molecule has 0 bridgehead atoms. The van der Waals surface area contributed by atoms with Crippen molar-refractivity contribution in [3.8, 4) is 0 Å². The van der Waals surface area contributed by atoms with Gasteiger partial charge in [0.2, 0.25) is 11.8 Å². The van der Waals surface area contributed by atoms with Gasteiger partial charge in [0.1, 0.15) is 5.00 Å². The van der Waals surface area contributed by atoms with Crippen LogP contribution in [0.5, 0.6) is 0 Å². The molecule has 3 rings (SSSR count). The lowest BCUT2D eigenvalue weighted by Crippen LogP contribution is -2.50. The molecule has 0 atom stereocenters. The van der Waals surface area contributed by atoms with E-state index in [4.69, 9.17) is 4.74 Å². The van der Waals surface area contributed by atoms with E-state index in [2.05, 4.69) is 22.5 Å². The first-order chi connectivity index (χ1) is 15.5. The number of thiophene rings is 1. The normalized spacial score (nSPS) is 14.7. The third-order valence-corrected chi connectivity index (χ3v) is 6.12. The summed E-state index contributed by atoms with van der Waals surface area (Å²) < 4.78 is 5.02. The first-order valence-corrected chi connectivity index (χ1v) is 11.7. The minimum atomic E-state index is -0.433. The number of benzene rings is 1. The van der Waals surface area contributed by atoms with Gasteiger partial charge in [-0.15, -0.1) is 11.3 Å². The molecule has 1 saturated heterocycles. The Bertz CT molecular complexity index is 938. The Balaban J connectivity index is 1.42. The zero-order chi connectivity index (χ0) is 22.9. The fourth-order valence-electron chi connectivity index (χ4n) is 3.59. The maximum atomic E-state index is 12.5. The van der Waals surface area contributed by atoms with Crippen LogP contribution in [0.3, 0.4) is 0 Å². The van der Waals surface area contributed by atoms with Crippen LogP contribution in [0.15, 0.2) is 35.7 Å².